The maximum atomic E-state index is 13.0. The van der Waals surface area contributed by atoms with Crippen molar-refractivity contribution in [1.82, 2.24) is 10.2 Å². The number of anilines is 1. The Balaban J connectivity index is 1.71. The third-order valence-corrected chi connectivity index (χ3v) is 5.89. The lowest BCUT2D eigenvalue weighted by Crippen LogP contribution is -2.39. The van der Waals surface area contributed by atoms with Crippen LogP contribution in [0, 0.1) is 5.92 Å². The highest BCUT2D eigenvalue weighted by atomic mass is 79.9. The van der Waals surface area contributed by atoms with Gasteiger partial charge in [0.05, 0.1) is 23.4 Å². The molecule has 164 valence electrons. The van der Waals surface area contributed by atoms with Crippen LogP contribution in [-0.2, 0) is 0 Å². The summed E-state index contributed by atoms with van der Waals surface area (Å²) in [6.07, 6.45) is 2.01. The van der Waals surface area contributed by atoms with Crippen molar-refractivity contribution in [3.8, 4) is 5.75 Å². The van der Waals surface area contributed by atoms with Crippen LogP contribution in [0.2, 0.25) is 0 Å². The third kappa shape index (κ3) is 6.04. The quantitative estimate of drug-likeness (QED) is 0.570. The average molecular weight is 504 g/mol. The lowest BCUT2D eigenvalue weighted by molar-refractivity contribution is 0.0698. The van der Waals surface area contributed by atoms with E-state index < -0.39 is 5.91 Å². The van der Waals surface area contributed by atoms with E-state index in [1.807, 2.05) is 30.0 Å². The van der Waals surface area contributed by atoms with E-state index in [0.717, 1.165) is 30.4 Å². The van der Waals surface area contributed by atoms with Gasteiger partial charge in [-0.25, -0.2) is 0 Å². The van der Waals surface area contributed by atoms with Gasteiger partial charge in [-0.1, -0.05) is 35.0 Å². The molecular formula is C23H26BrN3O3S. The summed E-state index contributed by atoms with van der Waals surface area (Å²) in [5, 5.41) is 5.79. The maximum Gasteiger partial charge on any atom is 0.261 e. The molecule has 1 fully saturated rings. The molecule has 1 saturated heterocycles. The van der Waals surface area contributed by atoms with Gasteiger partial charge in [-0.3, -0.25) is 14.9 Å². The van der Waals surface area contributed by atoms with Gasteiger partial charge < -0.3 is 15.0 Å². The monoisotopic (exact) mass is 503 g/mol. The van der Waals surface area contributed by atoms with Gasteiger partial charge in [0.2, 0.25) is 0 Å². The first-order chi connectivity index (χ1) is 14.9. The number of nitrogens with zero attached hydrogens (tertiary/aromatic N) is 1. The zero-order valence-electron chi connectivity index (χ0n) is 17.6. The van der Waals surface area contributed by atoms with E-state index in [4.69, 9.17) is 17.0 Å². The second-order valence-electron chi connectivity index (χ2n) is 7.50. The number of hydrogen-bond acceptors (Lipinski definition) is 4. The third-order valence-electron chi connectivity index (χ3n) is 5.19. The van der Waals surface area contributed by atoms with Gasteiger partial charge >= 0.3 is 0 Å². The van der Waals surface area contributed by atoms with Crippen LogP contribution in [0.3, 0.4) is 0 Å². The van der Waals surface area contributed by atoms with Gasteiger partial charge in [-0.2, -0.15) is 0 Å². The topological polar surface area (TPSA) is 70.7 Å². The first kappa shape index (κ1) is 23.2. The maximum absolute atomic E-state index is 13.0. The normalized spacial score (nSPS) is 14.1. The molecule has 31 heavy (non-hydrogen) atoms. The number of benzene rings is 2. The SMILES string of the molecule is CCOc1ccc(Br)cc1C(=O)NC(=S)Nc1ccccc1C(=O)N1CCC(C)CC1. The highest BCUT2D eigenvalue weighted by Crippen LogP contribution is 2.24. The minimum absolute atomic E-state index is 0.0326. The lowest BCUT2D eigenvalue weighted by Gasteiger charge is -2.31. The molecule has 6 nitrogen and oxygen atoms in total. The summed E-state index contributed by atoms with van der Waals surface area (Å²) in [4.78, 5) is 27.7. The van der Waals surface area contributed by atoms with Crippen molar-refractivity contribution in [3.63, 3.8) is 0 Å². The molecule has 0 atom stereocenters. The largest absolute Gasteiger partial charge is 0.493 e. The number of halogens is 1. The highest BCUT2D eigenvalue weighted by Gasteiger charge is 2.23. The summed E-state index contributed by atoms with van der Waals surface area (Å²) >= 11 is 8.73. The molecule has 0 saturated carbocycles. The number of hydrogen-bond donors (Lipinski definition) is 2. The van der Waals surface area contributed by atoms with Crippen molar-refractivity contribution in [3.05, 3.63) is 58.1 Å². The van der Waals surface area contributed by atoms with Gasteiger partial charge in [-0.15, -0.1) is 0 Å². The molecule has 2 N–H and O–H groups in total. The van der Waals surface area contributed by atoms with Gasteiger partial charge in [-0.05, 0) is 68.2 Å². The number of amides is 2. The predicted octanol–water partition coefficient (Wildman–Crippen LogP) is 4.85. The molecule has 2 amide bonds. The molecule has 0 radical (unpaired) electrons. The zero-order chi connectivity index (χ0) is 22.4. The van der Waals surface area contributed by atoms with Crippen LogP contribution in [0.5, 0.6) is 5.75 Å². The number of carbonyl (C=O) groups is 2. The van der Waals surface area contributed by atoms with E-state index in [9.17, 15) is 9.59 Å². The van der Waals surface area contributed by atoms with Gasteiger partial charge in [0.1, 0.15) is 5.75 Å². The standard InChI is InChI=1S/C23H26BrN3O3S/c1-3-30-20-9-8-16(24)14-18(20)21(28)26-23(31)25-19-7-5-4-6-17(19)22(29)27-12-10-15(2)11-13-27/h4-9,14-15H,3,10-13H2,1-2H3,(H2,25,26,28,31). The van der Waals surface area contributed by atoms with Crippen molar-refractivity contribution in [2.24, 2.45) is 5.92 Å². The first-order valence-corrected chi connectivity index (χ1v) is 11.5. The molecule has 3 rings (SSSR count). The molecule has 1 aliphatic heterocycles. The fourth-order valence-electron chi connectivity index (χ4n) is 3.45. The first-order valence-electron chi connectivity index (χ1n) is 10.3. The molecule has 8 heteroatoms. The molecule has 0 aliphatic carbocycles. The van der Waals surface area contributed by atoms with E-state index >= 15 is 0 Å². The molecular weight excluding hydrogens is 478 g/mol. The molecule has 2 aromatic rings. The Hall–Kier alpha value is -2.45. The summed E-state index contributed by atoms with van der Waals surface area (Å²) in [6, 6.07) is 12.4. The fourth-order valence-corrected chi connectivity index (χ4v) is 4.01. The van der Waals surface area contributed by atoms with Crippen LogP contribution in [0.1, 0.15) is 47.4 Å². The van der Waals surface area contributed by atoms with Crippen LogP contribution in [0.15, 0.2) is 46.9 Å². The highest BCUT2D eigenvalue weighted by molar-refractivity contribution is 9.10. The number of carbonyl (C=O) groups excluding carboxylic acids is 2. The Morgan fingerprint density at radius 1 is 1.16 bits per heavy atom. The average Bonchev–Trinajstić information content (AvgIpc) is 2.75. The molecule has 0 spiro atoms. The van der Waals surface area contributed by atoms with Crippen LogP contribution in [0.4, 0.5) is 5.69 Å². The fraction of sp³-hybridized carbons (Fsp3) is 0.348. The molecule has 0 aromatic heterocycles. The molecule has 2 aromatic carbocycles. The summed E-state index contributed by atoms with van der Waals surface area (Å²) < 4.78 is 6.30. The van der Waals surface area contributed by atoms with Crippen molar-refractivity contribution >= 4 is 50.8 Å². The van der Waals surface area contributed by atoms with Crippen LogP contribution in [-0.4, -0.2) is 41.5 Å². The molecule has 1 heterocycles. The lowest BCUT2D eigenvalue weighted by atomic mass is 9.98. The summed E-state index contributed by atoms with van der Waals surface area (Å²) in [6.45, 7) is 6.00. The van der Waals surface area contributed by atoms with Crippen molar-refractivity contribution in [1.29, 1.82) is 0 Å². The second-order valence-corrected chi connectivity index (χ2v) is 8.83. The Bertz CT molecular complexity index is 974. The predicted molar refractivity (Wildman–Crippen MR) is 130 cm³/mol. The number of nitrogens with one attached hydrogen (secondary N) is 2. The molecule has 1 aliphatic rings. The van der Waals surface area contributed by atoms with Crippen molar-refractivity contribution < 1.29 is 14.3 Å². The number of thiocarbonyl (C=S) groups is 1. The summed E-state index contributed by atoms with van der Waals surface area (Å²) in [7, 11) is 0. The zero-order valence-corrected chi connectivity index (χ0v) is 20.0. The summed E-state index contributed by atoms with van der Waals surface area (Å²) in [5.41, 5.74) is 1.47. The van der Waals surface area contributed by atoms with Crippen LogP contribution >= 0.6 is 28.1 Å². The van der Waals surface area contributed by atoms with E-state index in [2.05, 4.69) is 33.5 Å². The number of para-hydroxylation sites is 1. The van der Waals surface area contributed by atoms with E-state index in [0.29, 0.717) is 35.1 Å². The van der Waals surface area contributed by atoms with Crippen molar-refractivity contribution in [2.45, 2.75) is 26.7 Å². The Morgan fingerprint density at radius 3 is 2.58 bits per heavy atom. The van der Waals surface area contributed by atoms with Gasteiger partial charge in [0.25, 0.3) is 11.8 Å². The minimum Gasteiger partial charge on any atom is -0.493 e. The second kappa shape index (κ2) is 10.7. The van der Waals surface area contributed by atoms with Gasteiger partial charge in [0, 0.05) is 17.6 Å². The Labute approximate surface area is 196 Å². The minimum atomic E-state index is -0.393. The van der Waals surface area contributed by atoms with E-state index in [1.165, 1.54) is 0 Å². The van der Waals surface area contributed by atoms with Gasteiger partial charge in [0.15, 0.2) is 5.11 Å². The summed E-state index contributed by atoms with van der Waals surface area (Å²) in [5.74, 6) is 0.687. The molecule has 0 unspecified atom stereocenters. The number of likely N-dealkylation sites (tertiary alicyclic amines) is 1. The van der Waals surface area contributed by atoms with E-state index in [-0.39, 0.29) is 11.0 Å². The van der Waals surface area contributed by atoms with E-state index in [1.54, 1.807) is 24.3 Å². The number of piperidine rings is 1. The number of rotatable bonds is 5. The Kier molecular flexibility index (Phi) is 8.03. The van der Waals surface area contributed by atoms with Crippen LogP contribution in [0.25, 0.3) is 0 Å². The Morgan fingerprint density at radius 2 is 1.87 bits per heavy atom. The molecule has 0 bridgehead atoms. The van der Waals surface area contributed by atoms with Crippen molar-refractivity contribution in [2.75, 3.05) is 25.0 Å². The number of ether oxygens (including phenoxy) is 1. The van der Waals surface area contributed by atoms with Crippen LogP contribution < -0.4 is 15.4 Å². The smallest absolute Gasteiger partial charge is 0.261 e.